The van der Waals surface area contributed by atoms with E-state index in [1.54, 1.807) is 4.57 Å². The maximum Gasteiger partial charge on any atom is 0.421 e. The molecular formula is C46H46F3N3O3. The molecule has 0 amide bonds. The number of likely N-dealkylation sites (tertiary alicyclic amines) is 1. The van der Waals surface area contributed by atoms with Crippen molar-refractivity contribution in [3.8, 4) is 5.75 Å². The van der Waals surface area contributed by atoms with Gasteiger partial charge in [-0.25, -0.2) is 13.6 Å². The lowest BCUT2D eigenvalue weighted by Crippen LogP contribution is -2.49. The molecule has 3 heterocycles. The van der Waals surface area contributed by atoms with Gasteiger partial charge in [0.15, 0.2) is 5.58 Å². The molecule has 2 atom stereocenters. The fraction of sp³-hybridized carbons (Fsp3) is 0.326. The van der Waals surface area contributed by atoms with E-state index < -0.39 is 29.0 Å². The van der Waals surface area contributed by atoms with Crippen molar-refractivity contribution in [2.75, 3.05) is 39.5 Å². The maximum atomic E-state index is 16.4. The molecule has 9 heteroatoms. The largest absolute Gasteiger partial charge is 0.492 e. The monoisotopic (exact) mass is 745 g/mol. The quantitative estimate of drug-likeness (QED) is 0.117. The van der Waals surface area contributed by atoms with Crippen molar-refractivity contribution in [2.24, 2.45) is 11.8 Å². The zero-order valence-electron chi connectivity index (χ0n) is 31.4. The Hall–Kier alpha value is -5.12. The van der Waals surface area contributed by atoms with E-state index in [1.165, 1.54) is 12.1 Å². The van der Waals surface area contributed by atoms with E-state index in [0.29, 0.717) is 49.3 Å². The number of nitrogens with zero attached hydrogens (tertiary/aromatic N) is 3. The van der Waals surface area contributed by atoms with Crippen molar-refractivity contribution >= 4 is 11.1 Å². The maximum absolute atomic E-state index is 16.4. The van der Waals surface area contributed by atoms with Gasteiger partial charge in [-0.3, -0.25) is 18.8 Å². The topological polar surface area (TPSA) is 50.9 Å². The summed E-state index contributed by atoms with van der Waals surface area (Å²) in [7, 11) is 0. The third-order valence-electron chi connectivity index (χ3n) is 11.3. The minimum Gasteiger partial charge on any atom is -0.492 e. The van der Waals surface area contributed by atoms with Crippen LogP contribution in [0.3, 0.4) is 0 Å². The van der Waals surface area contributed by atoms with Gasteiger partial charge in [0, 0.05) is 61.4 Å². The lowest BCUT2D eigenvalue weighted by Gasteiger charge is -2.43. The third kappa shape index (κ3) is 6.57. The van der Waals surface area contributed by atoms with Crippen LogP contribution in [0.1, 0.15) is 60.2 Å². The lowest BCUT2D eigenvalue weighted by atomic mass is 9.76. The van der Waals surface area contributed by atoms with Gasteiger partial charge in [-0.05, 0) is 47.6 Å². The van der Waals surface area contributed by atoms with Crippen molar-refractivity contribution in [2.45, 2.75) is 44.8 Å². The molecule has 0 bridgehead atoms. The molecule has 2 aliphatic heterocycles. The molecule has 0 saturated carbocycles. The van der Waals surface area contributed by atoms with E-state index in [4.69, 9.17) is 9.15 Å². The molecule has 5 aromatic carbocycles. The van der Waals surface area contributed by atoms with Crippen LogP contribution >= 0.6 is 0 Å². The first kappa shape index (κ1) is 36.8. The molecule has 6 nitrogen and oxygen atoms in total. The highest BCUT2D eigenvalue weighted by atomic mass is 19.1. The summed E-state index contributed by atoms with van der Waals surface area (Å²) in [5, 5.41) is 0. The van der Waals surface area contributed by atoms with Crippen molar-refractivity contribution < 1.29 is 22.3 Å². The molecule has 0 spiro atoms. The van der Waals surface area contributed by atoms with E-state index in [9.17, 15) is 9.18 Å². The van der Waals surface area contributed by atoms with Gasteiger partial charge in [0.25, 0.3) is 0 Å². The van der Waals surface area contributed by atoms with Crippen LogP contribution in [0, 0.1) is 23.5 Å². The molecule has 55 heavy (non-hydrogen) atoms. The van der Waals surface area contributed by atoms with Crippen molar-refractivity contribution in [1.82, 2.24) is 14.4 Å². The van der Waals surface area contributed by atoms with E-state index in [-0.39, 0.29) is 42.5 Å². The Labute approximate surface area is 319 Å². The molecule has 1 fully saturated rings. The van der Waals surface area contributed by atoms with Crippen LogP contribution in [0.25, 0.3) is 11.1 Å². The van der Waals surface area contributed by atoms with Crippen molar-refractivity contribution in [3.05, 3.63) is 171 Å². The number of rotatable bonds is 12. The first-order chi connectivity index (χ1) is 26.7. The van der Waals surface area contributed by atoms with Crippen LogP contribution in [-0.4, -0.2) is 59.9 Å². The zero-order valence-corrected chi connectivity index (χ0v) is 31.4. The number of ether oxygens (including phenoxy) is 1. The molecule has 1 saturated heterocycles. The first-order valence-electron chi connectivity index (χ1n) is 19.2. The summed E-state index contributed by atoms with van der Waals surface area (Å²) >= 11 is 0. The summed E-state index contributed by atoms with van der Waals surface area (Å²) < 4.78 is 59.6. The van der Waals surface area contributed by atoms with Gasteiger partial charge in [-0.15, -0.1) is 0 Å². The van der Waals surface area contributed by atoms with Gasteiger partial charge >= 0.3 is 5.76 Å². The van der Waals surface area contributed by atoms with Gasteiger partial charge in [-0.2, -0.15) is 0 Å². The van der Waals surface area contributed by atoms with E-state index >= 15 is 8.78 Å². The second-order valence-electron chi connectivity index (χ2n) is 15.5. The molecule has 0 unspecified atom stereocenters. The smallest absolute Gasteiger partial charge is 0.421 e. The number of oxazole rings is 1. The molecule has 0 radical (unpaired) electrons. The predicted octanol–water partition coefficient (Wildman–Crippen LogP) is 8.99. The van der Waals surface area contributed by atoms with Crippen LogP contribution in [0.15, 0.2) is 124 Å². The highest BCUT2D eigenvalue weighted by Crippen LogP contribution is 2.46. The Kier molecular flexibility index (Phi) is 10.2. The Balaban J connectivity index is 1.28. The summed E-state index contributed by atoms with van der Waals surface area (Å²) in [5.74, 6) is -1.57. The fourth-order valence-electron chi connectivity index (χ4n) is 8.89. The van der Waals surface area contributed by atoms with E-state index in [1.807, 2.05) is 103 Å². The molecule has 6 aromatic rings. The normalized spacial score (nSPS) is 18.1. The average molecular weight is 746 g/mol. The fourth-order valence-corrected chi connectivity index (χ4v) is 8.89. The zero-order chi connectivity index (χ0) is 38.3. The van der Waals surface area contributed by atoms with Crippen molar-refractivity contribution in [1.29, 1.82) is 0 Å². The van der Waals surface area contributed by atoms with Crippen LogP contribution in [0.4, 0.5) is 13.2 Å². The second kappa shape index (κ2) is 15.2. The molecule has 0 N–H and O–H groups in total. The molecule has 1 aromatic heterocycles. The molecule has 8 rings (SSSR count). The van der Waals surface area contributed by atoms with Gasteiger partial charge in [0.05, 0.1) is 18.2 Å². The highest BCUT2D eigenvalue weighted by molar-refractivity contribution is 5.81. The van der Waals surface area contributed by atoms with Gasteiger partial charge in [-0.1, -0.05) is 111 Å². The first-order valence-corrected chi connectivity index (χ1v) is 19.2. The standard InChI is InChI=1S/C46H46F3N3O3/c1-30(2)27-51-31(3)23-38-37(43(51)42-39(48)24-36(25-40(42)49)54-22-21-50-28-32(26-47)29-50)19-20-41-44(38)55-45(53)52(41)46(33-13-7-4-8-14-33,34-15-9-5-10-16-34)35-17-11-6-12-18-35/h4-20,24-25,30-32,43H,21-23,26-29H2,1-3H3/t31-,43+/m1/s1. The lowest BCUT2D eigenvalue weighted by molar-refractivity contribution is 0.0667. The highest BCUT2D eigenvalue weighted by Gasteiger charge is 2.44. The number of hydrogen-bond donors (Lipinski definition) is 0. The predicted molar refractivity (Wildman–Crippen MR) is 209 cm³/mol. The van der Waals surface area contributed by atoms with Crippen LogP contribution < -0.4 is 10.5 Å². The number of halogens is 3. The summed E-state index contributed by atoms with van der Waals surface area (Å²) in [4.78, 5) is 18.8. The number of alkyl halides is 1. The van der Waals surface area contributed by atoms with Gasteiger partial charge in [0.2, 0.25) is 0 Å². The van der Waals surface area contributed by atoms with Crippen LogP contribution in [0.5, 0.6) is 5.75 Å². The number of aromatic nitrogens is 1. The number of benzene rings is 5. The van der Waals surface area contributed by atoms with Gasteiger partial charge in [0.1, 0.15) is 29.5 Å². The Morgan fingerprint density at radius 1 is 0.836 bits per heavy atom. The minimum atomic E-state index is -1.11. The summed E-state index contributed by atoms with van der Waals surface area (Å²) in [6.45, 7) is 8.62. The van der Waals surface area contributed by atoms with Crippen LogP contribution in [-0.2, 0) is 12.0 Å². The Morgan fingerprint density at radius 2 is 1.40 bits per heavy atom. The SMILES string of the molecule is CC(C)CN1[C@H](c2c(F)cc(OCCN3CC(CF)C3)cc2F)c2ccc3c(oc(=O)n3C(c3ccccc3)(c3ccccc3)c3ccccc3)c2C[C@H]1C. The molecule has 2 aliphatic rings. The van der Waals surface area contributed by atoms with Crippen LogP contribution in [0.2, 0.25) is 0 Å². The second-order valence-corrected chi connectivity index (χ2v) is 15.5. The summed E-state index contributed by atoms with van der Waals surface area (Å²) in [5.41, 5.74) is 3.92. The number of fused-ring (bicyclic) bond motifs is 3. The van der Waals surface area contributed by atoms with E-state index in [2.05, 4.69) is 30.6 Å². The van der Waals surface area contributed by atoms with E-state index in [0.717, 1.165) is 22.3 Å². The Morgan fingerprint density at radius 3 is 1.93 bits per heavy atom. The summed E-state index contributed by atoms with van der Waals surface area (Å²) in [6, 6.07) is 35.2. The minimum absolute atomic E-state index is 0.0516. The number of hydrogen-bond acceptors (Lipinski definition) is 5. The summed E-state index contributed by atoms with van der Waals surface area (Å²) in [6.07, 6.45) is 0.516. The molecular weight excluding hydrogens is 700 g/mol. The van der Waals surface area contributed by atoms with Crippen molar-refractivity contribution in [3.63, 3.8) is 0 Å². The third-order valence-corrected chi connectivity index (χ3v) is 11.3. The molecule has 0 aliphatic carbocycles. The Bertz CT molecular complexity index is 2200. The molecule has 284 valence electrons. The van der Waals surface area contributed by atoms with Gasteiger partial charge < -0.3 is 9.15 Å². The average Bonchev–Trinajstić information content (AvgIpc) is 3.51.